The summed E-state index contributed by atoms with van der Waals surface area (Å²) >= 11 is 0. The van der Waals surface area contributed by atoms with Crippen molar-refractivity contribution in [1.29, 1.82) is 0 Å². The number of aldehydes is 1. The van der Waals surface area contributed by atoms with Crippen LogP contribution in [0.25, 0.3) is 11.0 Å². The van der Waals surface area contributed by atoms with Gasteiger partial charge in [-0.3, -0.25) is 4.79 Å². The van der Waals surface area contributed by atoms with Crippen molar-refractivity contribution in [3.05, 3.63) is 29.5 Å². The molecule has 0 bridgehead atoms. The van der Waals surface area contributed by atoms with Gasteiger partial charge in [-0.1, -0.05) is 20.8 Å². The maximum atomic E-state index is 10.8. The molecule has 2 aromatic rings. The van der Waals surface area contributed by atoms with E-state index in [1.54, 1.807) is 13.2 Å². The van der Waals surface area contributed by atoms with E-state index in [0.29, 0.717) is 5.76 Å². The summed E-state index contributed by atoms with van der Waals surface area (Å²) in [5, 5.41) is 0.899. The largest absolute Gasteiger partial charge is 0.497 e. The van der Waals surface area contributed by atoms with Gasteiger partial charge in [0.05, 0.1) is 7.11 Å². The number of fused-ring (bicyclic) bond motifs is 1. The number of hydrogen-bond donors (Lipinski definition) is 0. The minimum absolute atomic E-state index is 0.0647. The van der Waals surface area contributed by atoms with Crippen LogP contribution in [0.15, 0.2) is 22.6 Å². The average molecular weight is 232 g/mol. The average Bonchev–Trinajstić information content (AvgIpc) is 2.68. The summed E-state index contributed by atoms with van der Waals surface area (Å²) in [5.74, 6) is 1.12. The van der Waals surface area contributed by atoms with Crippen molar-refractivity contribution >= 4 is 17.3 Å². The van der Waals surface area contributed by atoms with Crippen LogP contribution in [0.1, 0.15) is 36.9 Å². The molecule has 0 aliphatic heterocycles. The van der Waals surface area contributed by atoms with Crippen molar-refractivity contribution in [2.75, 3.05) is 7.11 Å². The van der Waals surface area contributed by atoms with Gasteiger partial charge in [-0.05, 0) is 23.6 Å². The highest BCUT2D eigenvalue weighted by Gasteiger charge is 2.21. The van der Waals surface area contributed by atoms with E-state index in [0.717, 1.165) is 28.6 Å². The molecule has 1 heterocycles. The second-order valence-electron chi connectivity index (χ2n) is 5.11. The molecule has 1 aromatic carbocycles. The van der Waals surface area contributed by atoms with Gasteiger partial charge in [-0.25, -0.2) is 0 Å². The first-order chi connectivity index (χ1) is 7.95. The van der Waals surface area contributed by atoms with E-state index < -0.39 is 0 Å². The van der Waals surface area contributed by atoms with Crippen molar-refractivity contribution < 1.29 is 13.9 Å². The van der Waals surface area contributed by atoms with Gasteiger partial charge in [-0.15, -0.1) is 0 Å². The normalized spacial score (nSPS) is 11.8. The Bertz CT molecular complexity index is 559. The van der Waals surface area contributed by atoms with E-state index in [2.05, 4.69) is 20.8 Å². The second kappa shape index (κ2) is 3.91. The van der Waals surface area contributed by atoms with Crippen LogP contribution in [0.4, 0.5) is 0 Å². The van der Waals surface area contributed by atoms with Gasteiger partial charge in [0.25, 0.3) is 0 Å². The predicted molar refractivity (Wildman–Crippen MR) is 66.9 cm³/mol. The van der Waals surface area contributed by atoms with E-state index in [1.807, 2.05) is 12.1 Å². The van der Waals surface area contributed by atoms with Crippen LogP contribution in [-0.4, -0.2) is 13.4 Å². The predicted octanol–water partition coefficient (Wildman–Crippen LogP) is 3.55. The number of carbonyl (C=O) groups is 1. The summed E-state index contributed by atoms with van der Waals surface area (Å²) in [6.07, 6.45) is 0.721. The maximum Gasteiger partial charge on any atom is 0.185 e. The molecule has 0 saturated carbocycles. The quantitative estimate of drug-likeness (QED) is 0.743. The number of hydrogen-bond acceptors (Lipinski definition) is 3. The van der Waals surface area contributed by atoms with Crippen LogP contribution < -0.4 is 4.74 Å². The van der Waals surface area contributed by atoms with E-state index in [9.17, 15) is 4.79 Å². The zero-order chi connectivity index (χ0) is 12.6. The third-order valence-electron chi connectivity index (χ3n) is 2.77. The van der Waals surface area contributed by atoms with Crippen LogP contribution in [0.2, 0.25) is 0 Å². The zero-order valence-electron chi connectivity index (χ0n) is 10.5. The third-order valence-corrected chi connectivity index (χ3v) is 2.77. The van der Waals surface area contributed by atoms with Crippen molar-refractivity contribution in [2.45, 2.75) is 26.2 Å². The lowest BCUT2D eigenvalue weighted by Gasteiger charge is -2.19. The molecule has 0 N–H and O–H groups in total. The fourth-order valence-electron chi connectivity index (χ4n) is 1.88. The maximum absolute atomic E-state index is 10.8. The van der Waals surface area contributed by atoms with Crippen LogP contribution >= 0.6 is 0 Å². The topological polar surface area (TPSA) is 39.4 Å². The molecule has 0 unspecified atom stereocenters. The fraction of sp³-hybridized carbons (Fsp3) is 0.357. The molecule has 2 rings (SSSR count). The van der Waals surface area contributed by atoms with Gasteiger partial charge < -0.3 is 9.15 Å². The summed E-state index contributed by atoms with van der Waals surface area (Å²) in [4.78, 5) is 10.8. The van der Waals surface area contributed by atoms with Crippen LogP contribution in [-0.2, 0) is 5.41 Å². The highest BCUT2D eigenvalue weighted by Crippen LogP contribution is 2.35. The molecule has 0 radical (unpaired) electrons. The van der Waals surface area contributed by atoms with Crippen LogP contribution in [0, 0.1) is 0 Å². The number of ether oxygens (including phenoxy) is 1. The number of benzene rings is 1. The van der Waals surface area contributed by atoms with Gasteiger partial charge in [0.2, 0.25) is 0 Å². The molecule has 0 aliphatic rings. The Hall–Kier alpha value is -1.77. The van der Waals surface area contributed by atoms with Crippen molar-refractivity contribution in [3.8, 4) is 5.75 Å². The smallest absolute Gasteiger partial charge is 0.185 e. The zero-order valence-corrected chi connectivity index (χ0v) is 10.5. The number of furan rings is 1. The van der Waals surface area contributed by atoms with E-state index in [4.69, 9.17) is 9.15 Å². The Balaban J connectivity index is 2.78. The number of carbonyl (C=O) groups excluding carboxylic acids is 1. The fourth-order valence-corrected chi connectivity index (χ4v) is 1.88. The highest BCUT2D eigenvalue weighted by atomic mass is 16.5. The second-order valence-corrected chi connectivity index (χ2v) is 5.11. The Labute approximate surface area is 100 Å². The SMILES string of the molecule is COc1cc(C(C)(C)C)c2oc(C=O)cc2c1. The first-order valence-electron chi connectivity index (χ1n) is 5.53. The molecule has 0 fully saturated rings. The molecule has 17 heavy (non-hydrogen) atoms. The summed E-state index contributed by atoms with van der Waals surface area (Å²) in [6.45, 7) is 6.30. The lowest BCUT2D eigenvalue weighted by atomic mass is 9.86. The van der Waals surface area contributed by atoms with Crippen molar-refractivity contribution in [2.24, 2.45) is 0 Å². The Morgan fingerprint density at radius 3 is 2.47 bits per heavy atom. The van der Waals surface area contributed by atoms with E-state index in [-0.39, 0.29) is 5.41 Å². The highest BCUT2D eigenvalue weighted by molar-refractivity contribution is 5.88. The van der Waals surface area contributed by atoms with Gasteiger partial charge in [0, 0.05) is 10.9 Å². The van der Waals surface area contributed by atoms with Crippen LogP contribution in [0.5, 0.6) is 5.75 Å². The monoisotopic (exact) mass is 232 g/mol. The number of rotatable bonds is 2. The van der Waals surface area contributed by atoms with Gasteiger partial charge >= 0.3 is 0 Å². The summed E-state index contributed by atoms with van der Waals surface area (Å²) in [6, 6.07) is 5.57. The lowest BCUT2D eigenvalue weighted by molar-refractivity contribution is 0.110. The standard InChI is InChI=1S/C14H16O3/c1-14(2,3)12-7-10(16-4)5-9-6-11(8-15)17-13(9)12/h5-8H,1-4H3. The molecule has 0 saturated heterocycles. The first-order valence-corrected chi connectivity index (χ1v) is 5.53. The Morgan fingerprint density at radius 2 is 1.94 bits per heavy atom. The molecular formula is C14H16O3. The molecule has 3 nitrogen and oxygen atoms in total. The Kier molecular flexibility index (Phi) is 2.69. The van der Waals surface area contributed by atoms with Crippen molar-refractivity contribution in [1.82, 2.24) is 0 Å². The molecule has 3 heteroatoms. The summed E-state index contributed by atoms with van der Waals surface area (Å²) in [5.41, 5.74) is 1.74. The molecule has 0 spiro atoms. The number of methoxy groups -OCH3 is 1. The minimum atomic E-state index is -0.0647. The molecule has 0 atom stereocenters. The molecule has 90 valence electrons. The summed E-state index contributed by atoms with van der Waals surface area (Å²) in [7, 11) is 1.63. The van der Waals surface area contributed by atoms with Gasteiger partial charge in [-0.2, -0.15) is 0 Å². The van der Waals surface area contributed by atoms with Gasteiger partial charge in [0.1, 0.15) is 11.3 Å². The molecular weight excluding hydrogens is 216 g/mol. The van der Waals surface area contributed by atoms with Crippen molar-refractivity contribution in [3.63, 3.8) is 0 Å². The minimum Gasteiger partial charge on any atom is -0.497 e. The van der Waals surface area contributed by atoms with Gasteiger partial charge in [0.15, 0.2) is 12.0 Å². The lowest BCUT2D eigenvalue weighted by Crippen LogP contribution is -2.11. The van der Waals surface area contributed by atoms with Crippen LogP contribution in [0.3, 0.4) is 0 Å². The third kappa shape index (κ3) is 2.05. The van der Waals surface area contributed by atoms with E-state index in [1.165, 1.54) is 0 Å². The Morgan fingerprint density at radius 1 is 1.24 bits per heavy atom. The summed E-state index contributed by atoms with van der Waals surface area (Å²) < 4.78 is 10.8. The molecule has 1 aromatic heterocycles. The first kappa shape index (κ1) is 11.7. The molecule has 0 amide bonds. The van der Waals surface area contributed by atoms with E-state index >= 15 is 0 Å². The molecule has 0 aliphatic carbocycles.